The van der Waals surface area contributed by atoms with Crippen LogP contribution in [0, 0.1) is 0 Å². The summed E-state index contributed by atoms with van der Waals surface area (Å²) in [6, 6.07) is 7.61. The van der Waals surface area contributed by atoms with E-state index in [0.29, 0.717) is 26.1 Å². The van der Waals surface area contributed by atoms with Crippen LogP contribution in [0.5, 0.6) is 5.75 Å². The fraction of sp³-hybridized carbons (Fsp3) is 0.500. The Labute approximate surface area is 114 Å². The molecule has 3 N–H and O–H groups in total. The molecule has 0 saturated heterocycles. The van der Waals surface area contributed by atoms with Crippen LogP contribution in [0.1, 0.15) is 18.9 Å². The Balaban J connectivity index is 2.30. The minimum atomic E-state index is -0.206. The van der Waals surface area contributed by atoms with Crippen molar-refractivity contribution in [3.63, 3.8) is 0 Å². The molecule has 0 heterocycles. The number of aliphatic hydroxyl groups is 1. The molecular weight excluding hydrogens is 244 g/mol. The normalized spacial score (nSPS) is 10.0. The van der Waals surface area contributed by atoms with Crippen LogP contribution in [-0.4, -0.2) is 37.4 Å². The molecule has 1 aromatic carbocycles. The standard InChI is InChI=1S/C14H22N2O3/c1-2-19-13-7-4-3-6-12(13)8-10-16-14(18)15-9-5-11-17/h3-4,6-7,17H,2,5,8-11H2,1H3,(H2,15,16,18). The number of carbonyl (C=O) groups excluding carboxylic acids is 1. The largest absolute Gasteiger partial charge is 0.494 e. The second-order valence-corrected chi connectivity index (χ2v) is 4.05. The molecule has 0 aliphatic rings. The lowest BCUT2D eigenvalue weighted by atomic mass is 10.1. The Bertz CT molecular complexity index is 383. The summed E-state index contributed by atoms with van der Waals surface area (Å²) in [4.78, 5) is 11.4. The van der Waals surface area contributed by atoms with Crippen LogP contribution in [0.3, 0.4) is 0 Å². The lowest BCUT2D eigenvalue weighted by Crippen LogP contribution is -2.37. The molecule has 0 saturated carbocycles. The van der Waals surface area contributed by atoms with Crippen LogP contribution in [0.25, 0.3) is 0 Å². The van der Waals surface area contributed by atoms with Crippen molar-refractivity contribution < 1.29 is 14.6 Å². The van der Waals surface area contributed by atoms with Crippen molar-refractivity contribution in [1.29, 1.82) is 0 Å². The molecule has 0 bridgehead atoms. The fourth-order valence-corrected chi connectivity index (χ4v) is 1.66. The second-order valence-electron chi connectivity index (χ2n) is 4.05. The average Bonchev–Trinajstić information content (AvgIpc) is 2.41. The molecule has 1 rings (SSSR count). The molecule has 19 heavy (non-hydrogen) atoms. The first-order valence-corrected chi connectivity index (χ1v) is 6.61. The molecule has 1 aromatic rings. The summed E-state index contributed by atoms with van der Waals surface area (Å²) in [5, 5.41) is 14.0. The van der Waals surface area contributed by atoms with E-state index in [1.165, 1.54) is 0 Å². The summed E-state index contributed by atoms with van der Waals surface area (Å²) in [6.07, 6.45) is 1.30. The first-order chi connectivity index (χ1) is 9.27. The highest BCUT2D eigenvalue weighted by Gasteiger charge is 2.03. The molecule has 0 aliphatic heterocycles. The number of ether oxygens (including phenoxy) is 1. The predicted octanol–water partition coefficient (Wildman–Crippen LogP) is 1.31. The monoisotopic (exact) mass is 266 g/mol. The molecule has 0 radical (unpaired) electrons. The maximum atomic E-state index is 11.4. The van der Waals surface area contributed by atoms with Gasteiger partial charge in [-0.1, -0.05) is 18.2 Å². The van der Waals surface area contributed by atoms with Gasteiger partial charge in [0.15, 0.2) is 0 Å². The van der Waals surface area contributed by atoms with Gasteiger partial charge in [0.2, 0.25) is 0 Å². The van der Waals surface area contributed by atoms with Crippen LogP contribution in [0.15, 0.2) is 24.3 Å². The molecule has 0 atom stereocenters. The zero-order chi connectivity index (χ0) is 13.9. The van der Waals surface area contributed by atoms with Crippen molar-refractivity contribution in [3.05, 3.63) is 29.8 Å². The SMILES string of the molecule is CCOc1ccccc1CCNC(=O)NCCCO. The highest BCUT2D eigenvalue weighted by molar-refractivity contribution is 5.73. The fourth-order valence-electron chi connectivity index (χ4n) is 1.66. The Morgan fingerprint density at radius 3 is 2.74 bits per heavy atom. The van der Waals surface area contributed by atoms with Crippen molar-refractivity contribution in [2.45, 2.75) is 19.8 Å². The van der Waals surface area contributed by atoms with Crippen LogP contribution in [-0.2, 0) is 6.42 Å². The van der Waals surface area contributed by atoms with Gasteiger partial charge in [0.25, 0.3) is 0 Å². The molecule has 2 amide bonds. The average molecular weight is 266 g/mol. The zero-order valence-electron chi connectivity index (χ0n) is 11.3. The van der Waals surface area contributed by atoms with Crippen LogP contribution < -0.4 is 15.4 Å². The summed E-state index contributed by atoms with van der Waals surface area (Å²) in [6.45, 7) is 3.70. The van der Waals surface area contributed by atoms with Gasteiger partial charge >= 0.3 is 6.03 Å². The number of para-hydroxylation sites is 1. The minimum Gasteiger partial charge on any atom is -0.494 e. The molecule has 0 aliphatic carbocycles. The number of nitrogens with one attached hydrogen (secondary N) is 2. The molecular formula is C14H22N2O3. The van der Waals surface area contributed by atoms with Crippen molar-refractivity contribution >= 4 is 6.03 Å². The van der Waals surface area contributed by atoms with Crippen LogP contribution in [0.2, 0.25) is 0 Å². The van der Waals surface area contributed by atoms with Gasteiger partial charge in [-0.2, -0.15) is 0 Å². The number of hydrogen-bond acceptors (Lipinski definition) is 3. The Morgan fingerprint density at radius 2 is 2.00 bits per heavy atom. The second kappa shape index (κ2) is 9.22. The molecule has 5 heteroatoms. The molecule has 0 aromatic heterocycles. The number of aliphatic hydroxyl groups excluding tert-OH is 1. The Morgan fingerprint density at radius 1 is 1.26 bits per heavy atom. The summed E-state index contributed by atoms with van der Waals surface area (Å²) in [5.74, 6) is 0.868. The van der Waals surface area contributed by atoms with Gasteiger partial charge in [0.1, 0.15) is 5.75 Å². The van der Waals surface area contributed by atoms with E-state index in [4.69, 9.17) is 9.84 Å². The lowest BCUT2D eigenvalue weighted by molar-refractivity contribution is 0.238. The number of rotatable bonds is 8. The van der Waals surface area contributed by atoms with E-state index in [1.807, 2.05) is 31.2 Å². The number of carbonyl (C=O) groups is 1. The van der Waals surface area contributed by atoms with E-state index >= 15 is 0 Å². The Kier molecular flexibility index (Phi) is 7.43. The summed E-state index contributed by atoms with van der Waals surface area (Å²) in [5.41, 5.74) is 1.08. The van der Waals surface area contributed by atoms with Crippen LogP contribution >= 0.6 is 0 Å². The summed E-state index contributed by atoms with van der Waals surface area (Å²) >= 11 is 0. The maximum absolute atomic E-state index is 11.4. The molecule has 0 fully saturated rings. The number of hydrogen-bond donors (Lipinski definition) is 3. The van der Waals surface area contributed by atoms with Crippen molar-refractivity contribution in [2.75, 3.05) is 26.3 Å². The van der Waals surface area contributed by atoms with Gasteiger partial charge in [-0.3, -0.25) is 0 Å². The van der Waals surface area contributed by atoms with E-state index in [9.17, 15) is 4.79 Å². The topological polar surface area (TPSA) is 70.6 Å². The molecule has 0 unspecified atom stereocenters. The van der Waals surface area contributed by atoms with Crippen molar-refractivity contribution in [2.24, 2.45) is 0 Å². The zero-order valence-corrected chi connectivity index (χ0v) is 11.3. The Hall–Kier alpha value is -1.75. The van der Waals surface area contributed by atoms with E-state index in [1.54, 1.807) is 0 Å². The van der Waals surface area contributed by atoms with Gasteiger partial charge < -0.3 is 20.5 Å². The third-order valence-electron chi connectivity index (χ3n) is 2.57. The maximum Gasteiger partial charge on any atom is 0.314 e. The summed E-state index contributed by atoms with van der Waals surface area (Å²) < 4.78 is 5.52. The quantitative estimate of drug-likeness (QED) is 0.621. The van der Waals surface area contributed by atoms with Crippen LogP contribution in [0.4, 0.5) is 4.79 Å². The minimum absolute atomic E-state index is 0.0853. The van der Waals surface area contributed by atoms with Gasteiger partial charge in [-0.25, -0.2) is 4.79 Å². The molecule has 0 spiro atoms. The van der Waals surface area contributed by atoms with E-state index in [2.05, 4.69) is 10.6 Å². The first kappa shape index (κ1) is 15.3. The van der Waals surface area contributed by atoms with Gasteiger partial charge in [0.05, 0.1) is 6.61 Å². The number of urea groups is 1. The molecule has 5 nitrogen and oxygen atoms in total. The van der Waals surface area contributed by atoms with E-state index in [-0.39, 0.29) is 12.6 Å². The van der Waals surface area contributed by atoms with Crippen molar-refractivity contribution in [3.8, 4) is 5.75 Å². The van der Waals surface area contributed by atoms with Gasteiger partial charge in [0, 0.05) is 19.7 Å². The molecule has 106 valence electrons. The number of amides is 2. The number of benzene rings is 1. The summed E-state index contributed by atoms with van der Waals surface area (Å²) in [7, 11) is 0. The van der Waals surface area contributed by atoms with Gasteiger partial charge in [-0.05, 0) is 31.4 Å². The van der Waals surface area contributed by atoms with Gasteiger partial charge in [-0.15, -0.1) is 0 Å². The van der Waals surface area contributed by atoms with E-state index < -0.39 is 0 Å². The predicted molar refractivity (Wildman–Crippen MR) is 74.4 cm³/mol. The van der Waals surface area contributed by atoms with Crippen molar-refractivity contribution in [1.82, 2.24) is 10.6 Å². The highest BCUT2D eigenvalue weighted by atomic mass is 16.5. The first-order valence-electron chi connectivity index (χ1n) is 6.61. The third kappa shape index (κ3) is 6.10. The lowest BCUT2D eigenvalue weighted by Gasteiger charge is -2.11. The smallest absolute Gasteiger partial charge is 0.314 e. The highest BCUT2D eigenvalue weighted by Crippen LogP contribution is 2.17. The third-order valence-corrected chi connectivity index (χ3v) is 2.57. The van der Waals surface area contributed by atoms with E-state index in [0.717, 1.165) is 17.7 Å².